The van der Waals surface area contributed by atoms with E-state index in [1.54, 1.807) is 37.5 Å². The van der Waals surface area contributed by atoms with Gasteiger partial charge in [0.05, 0.1) is 7.11 Å². The van der Waals surface area contributed by atoms with Gasteiger partial charge in [-0.25, -0.2) is 0 Å². The quantitative estimate of drug-likeness (QED) is 0.473. The van der Waals surface area contributed by atoms with Crippen LogP contribution in [0.1, 0.15) is 40.2 Å². The number of hydrogen-bond donors (Lipinski definition) is 2. The van der Waals surface area contributed by atoms with E-state index in [2.05, 4.69) is 24.5 Å². The molecule has 3 aromatic rings. The van der Waals surface area contributed by atoms with Crippen LogP contribution in [0.2, 0.25) is 0 Å². The number of carbonyl (C=O) groups excluding carboxylic acids is 2. The average molecular weight is 435 g/mol. The number of rotatable bonds is 8. The number of thiophene rings is 1. The Morgan fingerprint density at radius 3 is 2.19 bits per heavy atom. The fourth-order valence-electron chi connectivity index (χ4n) is 3.19. The first-order valence-electron chi connectivity index (χ1n) is 10.2. The van der Waals surface area contributed by atoms with Crippen molar-refractivity contribution < 1.29 is 14.3 Å². The third-order valence-corrected chi connectivity index (χ3v) is 5.73. The number of methoxy groups -OCH3 is 1. The van der Waals surface area contributed by atoms with Crippen LogP contribution in [0.25, 0.3) is 6.08 Å². The van der Waals surface area contributed by atoms with Crippen molar-refractivity contribution in [3.05, 3.63) is 87.2 Å². The van der Waals surface area contributed by atoms with Crippen LogP contribution in [-0.2, 0) is 17.6 Å². The van der Waals surface area contributed by atoms with Crippen molar-refractivity contribution in [1.29, 1.82) is 0 Å². The van der Waals surface area contributed by atoms with Crippen molar-refractivity contribution in [3.63, 3.8) is 0 Å². The van der Waals surface area contributed by atoms with E-state index in [0.29, 0.717) is 11.3 Å². The van der Waals surface area contributed by atoms with E-state index in [-0.39, 0.29) is 17.5 Å². The zero-order chi connectivity index (χ0) is 22.2. The highest BCUT2D eigenvalue weighted by molar-refractivity contribution is 7.10. The molecule has 0 bridgehead atoms. The molecule has 2 aromatic carbocycles. The van der Waals surface area contributed by atoms with Gasteiger partial charge in [0.15, 0.2) is 0 Å². The normalized spacial score (nSPS) is 11.1. The predicted octanol–water partition coefficient (Wildman–Crippen LogP) is 5.29. The summed E-state index contributed by atoms with van der Waals surface area (Å²) in [5.74, 6) is -0.0575. The lowest BCUT2D eigenvalue weighted by Gasteiger charge is -2.16. The second kappa shape index (κ2) is 10.6. The van der Waals surface area contributed by atoms with E-state index in [4.69, 9.17) is 4.74 Å². The Morgan fingerprint density at radius 2 is 1.65 bits per heavy atom. The minimum Gasteiger partial charge on any atom is -0.497 e. The van der Waals surface area contributed by atoms with Gasteiger partial charge in [-0.3, -0.25) is 9.59 Å². The first-order valence-corrected chi connectivity index (χ1v) is 11.1. The summed E-state index contributed by atoms with van der Waals surface area (Å²) in [6.45, 7) is 4.11. The summed E-state index contributed by atoms with van der Waals surface area (Å²) in [6.07, 6.45) is 3.29. The average Bonchev–Trinajstić information content (AvgIpc) is 3.31. The van der Waals surface area contributed by atoms with Crippen molar-refractivity contribution in [1.82, 2.24) is 5.32 Å². The van der Waals surface area contributed by atoms with Gasteiger partial charge in [0, 0.05) is 16.1 Å². The molecule has 2 amide bonds. The minimum absolute atomic E-state index is 0.191. The summed E-state index contributed by atoms with van der Waals surface area (Å²) in [5.41, 5.74) is 3.56. The molecule has 0 fully saturated rings. The van der Waals surface area contributed by atoms with Crippen LogP contribution in [0.4, 0.5) is 5.69 Å². The number of carbonyl (C=O) groups is 2. The van der Waals surface area contributed by atoms with Crippen LogP contribution < -0.4 is 15.4 Å². The number of amides is 2. The van der Waals surface area contributed by atoms with Gasteiger partial charge in [-0.1, -0.05) is 38.1 Å². The SMILES string of the molecule is CCc1cccc(CC)c1NC(=O)/C(=C/c1cccs1)NC(=O)c1ccc(OC)cc1. The van der Waals surface area contributed by atoms with Crippen LogP contribution in [0.3, 0.4) is 0 Å². The van der Waals surface area contributed by atoms with Gasteiger partial charge in [0.25, 0.3) is 11.8 Å². The number of ether oxygens (including phenoxy) is 1. The third kappa shape index (κ3) is 5.61. The molecular formula is C25H26N2O3S. The molecule has 1 heterocycles. The molecule has 1 aromatic heterocycles. The van der Waals surface area contributed by atoms with Crippen molar-refractivity contribution in [2.75, 3.05) is 12.4 Å². The fourth-order valence-corrected chi connectivity index (χ4v) is 3.85. The number of anilines is 1. The maximum absolute atomic E-state index is 13.2. The summed E-state index contributed by atoms with van der Waals surface area (Å²) in [4.78, 5) is 26.9. The lowest BCUT2D eigenvalue weighted by Crippen LogP contribution is -2.31. The molecule has 6 heteroatoms. The van der Waals surface area contributed by atoms with Crippen LogP contribution >= 0.6 is 11.3 Å². The smallest absolute Gasteiger partial charge is 0.272 e. The van der Waals surface area contributed by atoms with Crippen LogP contribution in [-0.4, -0.2) is 18.9 Å². The first kappa shape index (κ1) is 22.3. The third-order valence-electron chi connectivity index (χ3n) is 4.91. The van der Waals surface area contributed by atoms with Crippen molar-refractivity contribution in [3.8, 4) is 5.75 Å². The van der Waals surface area contributed by atoms with Gasteiger partial charge in [0.2, 0.25) is 0 Å². The van der Waals surface area contributed by atoms with Gasteiger partial charge < -0.3 is 15.4 Å². The Kier molecular flexibility index (Phi) is 7.62. The molecule has 0 aliphatic heterocycles. The zero-order valence-electron chi connectivity index (χ0n) is 17.9. The molecular weight excluding hydrogens is 408 g/mol. The number of benzene rings is 2. The van der Waals surface area contributed by atoms with E-state index < -0.39 is 0 Å². The number of aryl methyl sites for hydroxylation is 2. The largest absolute Gasteiger partial charge is 0.497 e. The molecule has 0 aliphatic rings. The predicted molar refractivity (Wildman–Crippen MR) is 127 cm³/mol. The maximum Gasteiger partial charge on any atom is 0.272 e. The number of para-hydroxylation sites is 1. The molecule has 0 aliphatic carbocycles. The highest BCUT2D eigenvalue weighted by atomic mass is 32.1. The summed E-state index contributed by atoms with van der Waals surface area (Å²) >= 11 is 1.49. The Hall–Kier alpha value is -3.38. The van der Waals surface area contributed by atoms with Gasteiger partial charge in [-0.2, -0.15) is 0 Å². The standard InChI is InChI=1S/C25H26N2O3S/c1-4-17-8-6-9-18(5-2)23(17)27-25(29)22(16-21-10-7-15-31-21)26-24(28)19-11-13-20(30-3)14-12-19/h6-16H,4-5H2,1-3H3,(H,26,28)(H,27,29)/b22-16-. The van der Waals surface area contributed by atoms with Gasteiger partial charge in [-0.05, 0) is 65.8 Å². The monoisotopic (exact) mass is 434 g/mol. The topological polar surface area (TPSA) is 67.4 Å². The first-order chi connectivity index (χ1) is 15.0. The van der Waals surface area contributed by atoms with Crippen molar-refractivity contribution in [2.24, 2.45) is 0 Å². The molecule has 160 valence electrons. The molecule has 5 nitrogen and oxygen atoms in total. The number of nitrogens with one attached hydrogen (secondary N) is 2. The van der Waals surface area contributed by atoms with Crippen LogP contribution in [0.15, 0.2) is 65.7 Å². The molecule has 0 saturated heterocycles. The Labute approximate surface area is 186 Å². The molecule has 0 saturated carbocycles. The second-order valence-corrected chi connectivity index (χ2v) is 7.85. The Morgan fingerprint density at radius 1 is 0.968 bits per heavy atom. The minimum atomic E-state index is -0.361. The molecule has 0 spiro atoms. The summed E-state index contributed by atoms with van der Waals surface area (Å²) in [6, 6.07) is 16.6. The van der Waals surface area contributed by atoms with Crippen molar-refractivity contribution in [2.45, 2.75) is 26.7 Å². The molecule has 2 N–H and O–H groups in total. The van der Waals surface area contributed by atoms with Gasteiger partial charge in [-0.15, -0.1) is 11.3 Å². The molecule has 0 radical (unpaired) electrons. The van der Waals surface area contributed by atoms with E-state index in [1.807, 2.05) is 35.7 Å². The fraction of sp³-hybridized carbons (Fsp3) is 0.200. The van der Waals surface area contributed by atoms with E-state index in [0.717, 1.165) is 34.5 Å². The molecule has 31 heavy (non-hydrogen) atoms. The van der Waals surface area contributed by atoms with E-state index >= 15 is 0 Å². The highest BCUT2D eigenvalue weighted by Gasteiger charge is 2.17. The van der Waals surface area contributed by atoms with Crippen LogP contribution in [0.5, 0.6) is 5.75 Å². The van der Waals surface area contributed by atoms with Gasteiger partial charge >= 0.3 is 0 Å². The second-order valence-electron chi connectivity index (χ2n) is 6.87. The summed E-state index contributed by atoms with van der Waals surface area (Å²) in [5, 5.41) is 7.74. The van der Waals surface area contributed by atoms with Crippen LogP contribution in [0, 0.1) is 0 Å². The molecule has 3 rings (SSSR count). The summed E-state index contributed by atoms with van der Waals surface area (Å²) in [7, 11) is 1.57. The summed E-state index contributed by atoms with van der Waals surface area (Å²) < 4.78 is 5.14. The van der Waals surface area contributed by atoms with Gasteiger partial charge in [0.1, 0.15) is 11.4 Å². The Balaban J connectivity index is 1.89. The highest BCUT2D eigenvalue weighted by Crippen LogP contribution is 2.24. The molecule has 0 unspecified atom stereocenters. The molecule has 0 atom stereocenters. The van der Waals surface area contributed by atoms with Crippen molar-refractivity contribution >= 4 is 34.9 Å². The zero-order valence-corrected chi connectivity index (χ0v) is 18.7. The lowest BCUT2D eigenvalue weighted by atomic mass is 10.0. The lowest BCUT2D eigenvalue weighted by molar-refractivity contribution is -0.113. The Bertz CT molecular complexity index is 1050. The van der Waals surface area contributed by atoms with E-state index in [1.165, 1.54) is 11.3 Å². The number of hydrogen-bond acceptors (Lipinski definition) is 4. The van der Waals surface area contributed by atoms with E-state index in [9.17, 15) is 9.59 Å². The maximum atomic E-state index is 13.2.